The third kappa shape index (κ3) is 3.77. The number of halogens is 3. The number of ether oxygens (including phenoxy) is 1. The Labute approximate surface area is 130 Å². The van der Waals surface area contributed by atoms with Gasteiger partial charge in [0.2, 0.25) is 11.6 Å². The molecule has 0 aliphatic carbocycles. The van der Waals surface area contributed by atoms with Crippen LogP contribution in [0.4, 0.5) is 13.2 Å². The average molecular weight is 322 g/mol. The van der Waals surface area contributed by atoms with Crippen molar-refractivity contribution in [3.63, 3.8) is 0 Å². The summed E-state index contributed by atoms with van der Waals surface area (Å²) in [6.45, 7) is -0.00262. The SMILES string of the molecule is Cc1cc(C(=O)C(=O)c2ccc(OC(F)F)c(C)c2)ccc1F. The second-order valence-electron chi connectivity index (χ2n) is 4.98. The van der Waals surface area contributed by atoms with Crippen LogP contribution in [0.25, 0.3) is 0 Å². The molecule has 6 heteroatoms. The molecule has 120 valence electrons. The molecule has 0 unspecified atom stereocenters. The number of aryl methyl sites for hydroxylation is 2. The van der Waals surface area contributed by atoms with Crippen molar-refractivity contribution in [2.75, 3.05) is 0 Å². The lowest BCUT2D eigenvalue weighted by Gasteiger charge is -2.09. The second kappa shape index (κ2) is 6.64. The summed E-state index contributed by atoms with van der Waals surface area (Å²) >= 11 is 0. The number of Topliss-reactive ketones (excluding diaryl/α,β-unsaturated/α-hetero) is 2. The largest absolute Gasteiger partial charge is 0.435 e. The molecule has 0 saturated carbocycles. The fourth-order valence-corrected chi connectivity index (χ4v) is 2.07. The summed E-state index contributed by atoms with van der Waals surface area (Å²) < 4.78 is 41.9. The van der Waals surface area contributed by atoms with Crippen molar-refractivity contribution >= 4 is 11.6 Å². The number of hydrogen-bond acceptors (Lipinski definition) is 3. The van der Waals surface area contributed by atoms with Gasteiger partial charge in [-0.2, -0.15) is 8.78 Å². The minimum atomic E-state index is -2.97. The van der Waals surface area contributed by atoms with Crippen LogP contribution in [0.1, 0.15) is 31.8 Å². The molecule has 2 aromatic rings. The van der Waals surface area contributed by atoms with Gasteiger partial charge in [-0.15, -0.1) is 0 Å². The maximum absolute atomic E-state index is 13.2. The highest BCUT2D eigenvalue weighted by molar-refractivity contribution is 6.49. The zero-order chi connectivity index (χ0) is 17.1. The second-order valence-corrected chi connectivity index (χ2v) is 4.98. The fraction of sp³-hybridized carbons (Fsp3) is 0.176. The fourth-order valence-electron chi connectivity index (χ4n) is 2.07. The van der Waals surface area contributed by atoms with Crippen molar-refractivity contribution in [1.82, 2.24) is 0 Å². The lowest BCUT2D eigenvalue weighted by molar-refractivity contribution is -0.0502. The first kappa shape index (κ1) is 16.7. The van der Waals surface area contributed by atoms with Gasteiger partial charge in [0, 0.05) is 11.1 Å². The third-order valence-corrected chi connectivity index (χ3v) is 3.28. The molecule has 0 spiro atoms. The summed E-state index contributed by atoms with van der Waals surface area (Å²) in [7, 11) is 0. The van der Waals surface area contributed by atoms with E-state index in [9.17, 15) is 22.8 Å². The molecule has 0 saturated heterocycles. The van der Waals surface area contributed by atoms with Gasteiger partial charge in [-0.1, -0.05) is 0 Å². The maximum Gasteiger partial charge on any atom is 0.387 e. The normalized spacial score (nSPS) is 10.7. The minimum absolute atomic E-state index is 0.0519. The number of alkyl halides is 2. The summed E-state index contributed by atoms with van der Waals surface area (Å²) in [6.07, 6.45) is 0. The molecule has 0 fully saturated rings. The number of carbonyl (C=O) groups excluding carboxylic acids is 2. The predicted molar refractivity (Wildman–Crippen MR) is 77.6 cm³/mol. The van der Waals surface area contributed by atoms with E-state index >= 15 is 0 Å². The van der Waals surface area contributed by atoms with Crippen LogP contribution in [0.3, 0.4) is 0 Å². The van der Waals surface area contributed by atoms with Gasteiger partial charge >= 0.3 is 6.61 Å². The molecule has 0 aliphatic rings. The smallest absolute Gasteiger partial charge is 0.387 e. The molecule has 0 amide bonds. The summed E-state index contributed by atoms with van der Waals surface area (Å²) in [5.41, 5.74) is 0.676. The molecule has 0 aliphatic heterocycles. The van der Waals surface area contributed by atoms with E-state index in [1.807, 2.05) is 0 Å². The van der Waals surface area contributed by atoms with Crippen LogP contribution in [0.5, 0.6) is 5.75 Å². The first-order chi connectivity index (χ1) is 10.8. The van der Waals surface area contributed by atoms with Crippen LogP contribution >= 0.6 is 0 Å². The summed E-state index contributed by atoms with van der Waals surface area (Å²) in [6, 6.07) is 7.37. The highest BCUT2D eigenvalue weighted by Crippen LogP contribution is 2.22. The zero-order valence-electron chi connectivity index (χ0n) is 12.4. The van der Waals surface area contributed by atoms with E-state index in [1.54, 1.807) is 0 Å². The molecule has 0 N–H and O–H groups in total. The number of carbonyl (C=O) groups is 2. The molecule has 2 aromatic carbocycles. The van der Waals surface area contributed by atoms with E-state index in [1.165, 1.54) is 44.2 Å². The molecule has 3 nitrogen and oxygen atoms in total. The Balaban J connectivity index is 2.27. The summed E-state index contributed by atoms with van der Waals surface area (Å²) in [5, 5.41) is 0. The highest BCUT2D eigenvalue weighted by Gasteiger charge is 2.20. The molecule has 0 radical (unpaired) electrons. The van der Waals surface area contributed by atoms with Gasteiger partial charge < -0.3 is 4.74 Å². The van der Waals surface area contributed by atoms with Gasteiger partial charge in [-0.25, -0.2) is 4.39 Å². The van der Waals surface area contributed by atoms with Gasteiger partial charge in [0.15, 0.2) is 0 Å². The number of ketones is 2. The van der Waals surface area contributed by atoms with Crippen LogP contribution in [0, 0.1) is 19.7 Å². The van der Waals surface area contributed by atoms with E-state index in [2.05, 4.69) is 4.74 Å². The lowest BCUT2D eigenvalue weighted by Crippen LogP contribution is -2.15. The van der Waals surface area contributed by atoms with E-state index < -0.39 is 24.0 Å². The quantitative estimate of drug-likeness (QED) is 0.614. The molecule has 0 atom stereocenters. The zero-order valence-corrected chi connectivity index (χ0v) is 12.4. The molecular weight excluding hydrogens is 309 g/mol. The van der Waals surface area contributed by atoms with Gasteiger partial charge in [-0.3, -0.25) is 9.59 Å². The van der Waals surface area contributed by atoms with Crippen molar-refractivity contribution in [3.05, 3.63) is 64.5 Å². The Hall–Kier alpha value is -2.63. The van der Waals surface area contributed by atoms with Crippen molar-refractivity contribution in [2.24, 2.45) is 0 Å². The monoisotopic (exact) mass is 322 g/mol. The molecule has 2 rings (SSSR count). The molecule has 23 heavy (non-hydrogen) atoms. The maximum atomic E-state index is 13.2. The van der Waals surface area contributed by atoms with Crippen LogP contribution in [-0.4, -0.2) is 18.2 Å². The molecular formula is C17H13F3O3. The van der Waals surface area contributed by atoms with E-state index in [-0.39, 0.29) is 22.4 Å². The molecule has 0 bridgehead atoms. The average Bonchev–Trinajstić information content (AvgIpc) is 2.50. The standard InChI is InChI=1S/C17H13F3O3/c1-9-7-11(3-5-13(9)18)15(21)16(22)12-4-6-14(10(2)8-12)23-17(19)20/h3-8,17H,1-2H3. The Morgan fingerprint density at radius 3 is 1.91 bits per heavy atom. The van der Waals surface area contributed by atoms with Crippen LogP contribution < -0.4 is 4.74 Å². The van der Waals surface area contributed by atoms with Crippen molar-refractivity contribution < 1.29 is 27.5 Å². The van der Waals surface area contributed by atoms with E-state index in [0.717, 1.165) is 6.07 Å². The Morgan fingerprint density at radius 2 is 1.43 bits per heavy atom. The van der Waals surface area contributed by atoms with Gasteiger partial charge in [0.25, 0.3) is 0 Å². The van der Waals surface area contributed by atoms with Crippen molar-refractivity contribution in [1.29, 1.82) is 0 Å². The number of hydrogen-bond donors (Lipinski definition) is 0. The first-order valence-corrected chi connectivity index (χ1v) is 6.70. The van der Waals surface area contributed by atoms with E-state index in [0.29, 0.717) is 5.56 Å². The third-order valence-electron chi connectivity index (χ3n) is 3.28. The lowest BCUT2D eigenvalue weighted by atomic mass is 9.99. The highest BCUT2D eigenvalue weighted by atomic mass is 19.3. The molecule has 0 aromatic heterocycles. The van der Waals surface area contributed by atoms with Crippen molar-refractivity contribution in [3.8, 4) is 5.75 Å². The van der Waals surface area contributed by atoms with Gasteiger partial charge in [0.1, 0.15) is 11.6 Å². The Bertz CT molecular complexity index is 770. The van der Waals surface area contributed by atoms with Gasteiger partial charge in [0.05, 0.1) is 0 Å². The summed E-state index contributed by atoms with van der Waals surface area (Å²) in [5.74, 6) is -2.14. The Morgan fingerprint density at radius 1 is 0.913 bits per heavy atom. The number of benzene rings is 2. The summed E-state index contributed by atoms with van der Waals surface area (Å²) in [4.78, 5) is 24.4. The minimum Gasteiger partial charge on any atom is -0.435 e. The molecule has 0 heterocycles. The van der Waals surface area contributed by atoms with E-state index in [4.69, 9.17) is 0 Å². The van der Waals surface area contributed by atoms with Crippen molar-refractivity contribution in [2.45, 2.75) is 20.5 Å². The first-order valence-electron chi connectivity index (χ1n) is 6.70. The van der Waals surface area contributed by atoms with Crippen LogP contribution in [0.2, 0.25) is 0 Å². The Kier molecular flexibility index (Phi) is 4.83. The van der Waals surface area contributed by atoms with Crippen LogP contribution in [-0.2, 0) is 0 Å². The van der Waals surface area contributed by atoms with Crippen LogP contribution in [0.15, 0.2) is 36.4 Å². The van der Waals surface area contributed by atoms with Gasteiger partial charge in [-0.05, 0) is 61.4 Å². The predicted octanol–water partition coefficient (Wildman–Crippen LogP) is 4.11. The number of rotatable bonds is 5. The topological polar surface area (TPSA) is 43.4 Å².